The van der Waals surface area contributed by atoms with Crippen LogP contribution in [-0.2, 0) is 14.8 Å². The highest BCUT2D eigenvalue weighted by atomic mass is 32.2. The second-order valence-corrected chi connectivity index (χ2v) is 10.4. The summed E-state index contributed by atoms with van der Waals surface area (Å²) in [5.74, 6) is -0.0674. The number of nitrogens with one attached hydrogen (secondary N) is 1. The van der Waals surface area contributed by atoms with Crippen LogP contribution in [0.25, 0.3) is 0 Å². The van der Waals surface area contributed by atoms with Crippen LogP contribution in [0.4, 0.5) is 5.69 Å². The monoisotopic (exact) mass is 473 g/mol. The lowest BCUT2D eigenvalue weighted by Crippen LogP contribution is -2.38. The average molecular weight is 474 g/mol. The predicted octanol–water partition coefficient (Wildman–Crippen LogP) is 3.36. The first kappa shape index (κ1) is 24.7. The molecule has 3 rings (SSSR count). The number of amides is 2. The first-order valence-electron chi connectivity index (χ1n) is 11.0. The molecule has 0 atom stereocenters. The zero-order valence-corrected chi connectivity index (χ0v) is 20.1. The minimum Gasteiger partial charge on any atom is -0.484 e. The molecule has 0 aromatic heterocycles. The molecule has 1 aliphatic carbocycles. The Morgan fingerprint density at radius 1 is 1.00 bits per heavy atom. The molecular weight excluding hydrogens is 442 g/mol. The van der Waals surface area contributed by atoms with Crippen LogP contribution in [0.2, 0.25) is 0 Å². The Kier molecular flexibility index (Phi) is 8.10. The van der Waals surface area contributed by atoms with Crippen LogP contribution < -0.4 is 10.1 Å². The van der Waals surface area contributed by atoms with Gasteiger partial charge >= 0.3 is 0 Å². The third-order valence-corrected chi connectivity index (χ3v) is 7.74. The van der Waals surface area contributed by atoms with Gasteiger partial charge in [-0.1, -0.05) is 25.3 Å². The van der Waals surface area contributed by atoms with Crippen molar-refractivity contribution in [2.45, 2.75) is 43.0 Å². The summed E-state index contributed by atoms with van der Waals surface area (Å²) in [6, 6.07) is 12.7. The topological polar surface area (TPSA) is 96.0 Å². The molecule has 0 unspecified atom stereocenters. The van der Waals surface area contributed by atoms with Crippen LogP contribution >= 0.6 is 0 Å². The summed E-state index contributed by atoms with van der Waals surface area (Å²) < 4.78 is 33.1. The Bertz CT molecular complexity index is 1080. The molecule has 0 saturated heterocycles. The number of ether oxygens (including phenoxy) is 1. The number of carbonyl (C=O) groups is 2. The second kappa shape index (κ2) is 10.8. The summed E-state index contributed by atoms with van der Waals surface area (Å²) in [4.78, 5) is 25.9. The van der Waals surface area contributed by atoms with Crippen molar-refractivity contribution in [3.8, 4) is 5.75 Å². The standard InChI is InChI=1S/C24H31N3O5S/c1-26(2)23(28)17-32-21-14-12-19(13-15-21)25-24(29)18-8-7-11-22(16-18)33(30,31)27(3)20-9-5-4-6-10-20/h7-8,11-16,20H,4-6,9-10,17H2,1-3H3,(H,25,29). The Labute approximate surface area is 195 Å². The minimum absolute atomic E-state index is 0.00464. The lowest BCUT2D eigenvalue weighted by atomic mass is 9.96. The van der Waals surface area contributed by atoms with Crippen LogP contribution in [0, 0.1) is 0 Å². The second-order valence-electron chi connectivity index (χ2n) is 8.40. The van der Waals surface area contributed by atoms with E-state index in [4.69, 9.17) is 4.74 Å². The molecule has 0 bridgehead atoms. The molecule has 0 radical (unpaired) electrons. The van der Waals surface area contributed by atoms with Crippen LogP contribution in [0.1, 0.15) is 42.5 Å². The highest BCUT2D eigenvalue weighted by Crippen LogP contribution is 2.27. The van der Waals surface area contributed by atoms with Gasteiger partial charge in [-0.2, -0.15) is 4.31 Å². The molecule has 0 heterocycles. The van der Waals surface area contributed by atoms with Crippen molar-refractivity contribution in [2.75, 3.05) is 33.1 Å². The fourth-order valence-corrected chi connectivity index (χ4v) is 5.18. The van der Waals surface area contributed by atoms with Gasteiger partial charge in [-0.15, -0.1) is 0 Å². The van der Waals surface area contributed by atoms with E-state index in [1.165, 1.54) is 21.3 Å². The van der Waals surface area contributed by atoms with E-state index in [0.29, 0.717) is 11.4 Å². The van der Waals surface area contributed by atoms with Gasteiger partial charge in [-0.3, -0.25) is 9.59 Å². The molecule has 33 heavy (non-hydrogen) atoms. The van der Waals surface area contributed by atoms with Gasteiger partial charge in [0.2, 0.25) is 10.0 Å². The maximum Gasteiger partial charge on any atom is 0.259 e. The van der Waals surface area contributed by atoms with E-state index in [9.17, 15) is 18.0 Å². The molecule has 2 amide bonds. The quantitative estimate of drug-likeness (QED) is 0.634. The van der Waals surface area contributed by atoms with Crippen LogP contribution in [-0.4, -0.2) is 63.2 Å². The van der Waals surface area contributed by atoms with Crippen molar-refractivity contribution in [2.24, 2.45) is 0 Å². The van der Waals surface area contributed by atoms with Crippen molar-refractivity contribution in [1.29, 1.82) is 0 Å². The average Bonchev–Trinajstić information content (AvgIpc) is 2.83. The number of hydrogen-bond donors (Lipinski definition) is 1. The number of nitrogens with zero attached hydrogens (tertiary/aromatic N) is 2. The molecule has 9 heteroatoms. The van der Waals surface area contributed by atoms with E-state index >= 15 is 0 Å². The van der Waals surface area contributed by atoms with E-state index in [0.717, 1.165) is 32.1 Å². The lowest BCUT2D eigenvalue weighted by Gasteiger charge is -2.30. The van der Waals surface area contributed by atoms with Crippen molar-refractivity contribution >= 4 is 27.5 Å². The molecule has 1 N–H and O–H groups in total. The van der Waals surface area contributed by atoms with Crippen molar-refractivity contribution in [3.05, 3.63) is 54.1 Å². The van der Waals surface area contributed by atoms with Crippen molar-refractivity contribution in [3.63, 3.8) is 0 Å². The number of rotatable bonds is 8. The van der Waals surface area contributed by atoms with E-state index in [1.54, 1.807) is 57.5 Å². The number of carbonyl (C=O) groups excluding carboxylic acids is 2. The minimum atomic E-state index is -3.69. The molecule has 1 aliphatic rings. The molecular formula is C24H31N3O5S. The maximum absolute atomic E-state index is 13.1. The highest BCUT2D eigenvalue weighted by Gasteiger charge is 2.29. The summed E-state index contributed by atoms with van der Waals surface area (Å²) in [6.07, 6.45) is 4.92. The summed E-state index contributed by atoms with van der Waals surface area (Å²) in [6.45, 7) is -0.0741. The van der Waals surface area contributed by atoms with Crippen LogP contribution in [0.3, 0.4) is 0 Å². The SMILES string of the molecule is CN(C)C(=O)COc1ccc(NC(=O)c2cccc(S(=O)(=O)N(C)C3CCCCC3)c2)cc1. The molecule has 1 saturated carbocycles. The molecule has 178 valence electrons. The molecule has 0 aliphatic heterocycles. The fraction of sp³-hybridized carbons (Fsp3) is 0.417. The largest absolute Gasteiger partial charge is 0.484 e. The molecule has 1 fully saturated rings. The highest BCUT2D eigenvalue weighted by molar-refractivity contribution is 7.89. The third kappa shape index (κ3) is 6.33. The summed E-state index contributed by atoms with van der Waals surface area (Å²) in [7, 11) is 1.23. The lowest BCUT2D eigenvalue weighted by molar-refractivity contribution is -0.130. The van der Waals surface area contributed by atoms with Crippen LogP contribution in [0.15, 0.2) is 53.4 Å². The molecule has 8 nitrogen and oxygen atoms in total. The zero-order chi connectivity index (χ0) is 24.0. The summed E-state index contributed by atoms with van der Waals surface area (Å²) >= 11 is 0. The first-order chi connectivity index (χ1) is 15.7. The third-order valence-electron chi connectivity index (χ3n) is 5.84. The Morgan fingerprint density at radius 3 is 2.30 bits per heavy atom. The van der Waals surface area contributed by atoms with E-state index in [2.05, 4.69) is 5.32 Å². The van der Waals surface area contributed by atoms with E-state index < -0.39 is 15.9 Å². The molecule has 0 spiro atoms. The fourth-order valence-electron chi connectivity index (χ4n) is 3.72. The Morgan fingerprint density at radius 2 is 1.67 bits per heavy atom. The number of likely N-dealkylation sites (N-methyl/N-ethyl adjacent to an activating group) is 1. The zero-order valence-electron chi connectivity index (χ0n) is 19.3. The predicted molar refractivity (Wildman–Crippen MR) is 127 cm³/mol. The van der Waals surface area contributed by atoms with Gasteiger partial charge in [0, 0.05) is 38.4 Å². The first-order valence-corrected chi connectivity index (χ1v) is 12.4. The smallest absolute Gasteiger partial charge is 0.259 e. The Hall–Kier alpha value is -2.91. The summed E-state index contributed by atoms with van der Waals surface area (Å²) in [5, 5.41) is 2.76. The van der Waals surface area contributed by atoms with Gasteiger partial charge in [-0.05, 0) is 55.3 Å². The maximum atomic E-state index is 13.1. The van der Waals surface area contributed by atoms with Gasteiger partial charge in [0.05, 0.1) is 4.90 Å². The van der Waals surface area contributed by atoms with Crippen LogP contribution in [0.5, 0.6) is 5.75 Å². The van der Waals surface area contributed by atoms with Crippen molar-refractivity contribution < 1.29 is 22.7 Å². The van der Waals surface area contributed by atoms with Gasteiger partial charge in [0.25, 0.3) is 11.8 Å². The summed E-state index contributed by atoms with van der Waals surface area (Å²) in [5.41, 5.74) is 0.781. The van der Waals surface area contributed by atoms with E-state index in [1.807, 2.05) is 0 Å². The van der Waals surface area contributed by atoms with E-state index in [-0.39, 0.29) is 29.0 Å². The van der Waals surface area contributed by atoms with Gasteiger partial charge < -0.3 is 15.0 Å². The van der Waals surface area contributed by atoms with Gasteiger partial charge in [0.15, 0.2) is 6.61 Å². The number of hydrogen-bond acceptors (Lipinski definition) is 5. The normalized spacial score (nSPS) is 14.7. The number of sulfonamides is 1. The molecule has 2 aromatic carbocycles. The molecule has 2 aromatic rings. The van der Waals surface area contributed by atoms with Gasteiger partial charge in [0.1, 0.15) is 5.75 Å². The van der Waals surface area contributed by atoms with Crippen molar-refractivity contribution in [1.82, 2.24) is 9.21 Å². The number of anilines is 1. The Balaban J connectivity index is 1.66. The van der Waals surface area contributed by atoms with Gasteiger partial charge in [-0.25, -0.2) is 8.42 Å². The number of benzene rings is 2.